The highest BCUT2D eigenvalue weighted by Gasteiger charge is 2.18. The van der Waals surface area contributed by atoms with Crippen LogP contribution in [0.2, 0.25) is 0 Å². The fourth-order valence-corrected chi connectivity index (χ4v) is 2.52. The summed E-state index contributed by atoms with van der Waals surface area (Å²) in [5, 5.41) is 5.72. The van der Waals surface area contributed by atoms with Crippen molar-refractivity contribution in [1.82, 2.24) is 10.1 Å². The topological polar surface area (TPSA) is 84.9 Å². The maximum Gasteiger partial charge on any atom is 0.248 e. The van der Waals surface area contributed by atoms with Crippen LogP contribution in [-0.2, 0) is 0 Å². The number of anilines is 1. The SMILES string of the molecule is Nc1noc(-c2cc[nH]c(=O)c2)c1-c1cccs1. The average molecular weight is 259 g/mol. The number of nitrogen functional groups attached to an aromatic ring is 1. The van der Waals surface area contributed by atoms with Crippen LogP contribution in [-0.4, -0.2) is 10.1 Å². The molecule has 18 heavy (non-hydrogen) atoms. The molecule has 0 saturated heterocycles. The van der Waals surface area contributed by atoms with E-state index >= 15 is 0 Å². The van der Waals surface area contributed by atoms with E-state index < -0.39 is 0 Å². The third-order valence-electron chi connectivity index (χ3n) is 2.52. The Morgan fingerprint density at radius 3 is 3.00 bits per heavy atom. The Balaban J connectivity index is 2.23. The lowest BCUT2D eigenvalue weighted by molar-refractivity contribution is 0.436. The Morgan fingerprint density at radius 2 is 2.28 bits per heavy atom. The number of hydrogen-bond acceptors (Lipinski definition) is 5. The number of pyridine rings is 1. The predicted octanol–water partition coefficient (Wildman–Crippen LogP) is 2.34. The van der Waals surface area contributed by atoms with E-state index in [0.717, 1.165) is 10.4 Å². The van der Waals surface area contributed by atoms with Gasteiger partial charge in [-0.05, 0) is 17.5 Å². The quantitative estimate of drug-likeness (QED) is 0.739. The summed E-state index contributed by atoms with van der Waals surface area (Å²) in [6.07, 6.45) is 1.56. The Hall–Kier alpha value is -2.34. The lowest BCUT2D eigenvalue weighted by Gasteiger charge is -1.99. The van der Waals surface area contributed by atoms with E-state index in [1.165, 1.54) is 6.07 Å². The van der Waals surface area contributed by atoms with Crippen LogP contribution < -0.4 is 11.3 Å². The summed E-state index contributed by atoms with van der Waals surface area (Å²) < 4.78 is 5.24. The van der Waals surface area contributed by atoms with Crippen molar-refractivity contribution in [3.63, 3.8) is 0 Å². The molecule has 0 amide bonds. The Kier molecular flexibility index (Phi) is 2.49. The maximum atomic E-state index is 11.3. The van der Waals surface area contributed by atoms with Gasteiger partial charge in [0.25, 0.3) is 0 Å². The molecule has 0 bridgehead atoms. The molecule has 0 radical (unpaired) electrons. The van der Waals surface area contributed by atoms with Crippen molar-refractivity contribution in [2.75, 3.05) is 5.73 Å². The molecular formula is C12H9N3O2S. The number of aromatic nitrogens is 2. The molecule has 90 valence electrons. The summed E-state index contributed by atoms with van der Waals surface area (Å²) in [6.45, 7) is 0. The summed E-state index contributed by atoms with van der Waals surface area (Å²) in [5.74, 6) is 0.841. The second-order valence-electron chi connectivity index (χ2n) is 3.69. The molecule has 3 rings (SSSR count). The average Bonchev–Trinajstić information content (AvgIpc) is 2.97. The van der Waals surface area contributed by atoms with Crippen LogP contribution in [0.4, 0.5) is 5.82 Å². The van der Waals surface area contributed by atoms with Crippen molar-refractivity contribution in [2.24, 2.45) is 0 Å². The van der Waals surface area contributed by atoms with Gasteiger partial charge in [0.2, 0.25) is 5.56 Å². The first-order valence-corrected chi connectivity index (χ1v) is 6.12. The predicted molar refractivity (Wildman–Crippen MR) is 70.3 cm³/mol. The van der Waals surface area contributed by atoms with Crippen molar-refractivity contribution in [2.45, 2.75) is 0 Å². The summed E-state index contributed by atoms with van der Waals surface area (Å²) in [5.41, 5.74) is 7.02. The van der Waals surface area contributed by atoms with Crippen LogP contribution in [0.15, 0.2) is 45.2 Å². The highest BCUT2D eigenvalue weighted by Crippen LogP contribution is 2.38. The second-order valence-corrected chi connectivity index (χ2v) is 4.64. The molecule has 0 fully saturated rings. The molecule has 6 heteroatoms. The zero-order chi connectivity index (χ0) is 12.5. The number of H-pyrrole nitrogens is 1. The molecule has 0 aliphatic heterocycles. The molecule has 3 heterocycles. The van der Waals surface area contributed by atoms with Crippen LogP contribution in [0.1, 0.15) is 0 Å². The van der Waals surface area contributed by atoms with Crippen LogP contribution >= 0.6 is 11.3 Å². The van der Waals surface area contributed by atoms with E-state index in [1.807, 2.05) is 17.5 Å². The minimum absolute atomic E-state index is 0.195. The molecule has 0 saturated carbocycles. The number of nitrogens with zero attached hydrogens (tertiary/aromatic N) is 1. The van der Waals surface area contributed by atoms with Gasteiger partial charge in [0.1, 0.15) is 0 Å². The van der Waals surface area contributed by atoms with Gasteiger partial charge in [0.05, 0.1) is 5.56 Å². The Bertz CT molecular complexity index is 728. The maximum absolute atomic E-state index is 11.3. The summed E-state index contributed by atoms with van der Waals surface area (Å²) in [6, 6.07) is 7.06. The van der Waals surface area contributed by atoms with Gasteiger partial charge in [-0.1, -0.05) is 11.2 Å². The molecule has 5 nitrogen and oxygen atoms in total. The number of rotatable bonds is 2. The number of nitrogens with one attached hydrogen (secondary N) is 1. The number of thiophene rings is 1. The molecule has 0 unspecified atom stereocenters. The first-order valence-electron chi connectivity index (χ1n) is 5.24. The first-order chi connectivity index (χ1) is 8.75. The van der Waals surface area contributed by atoms with Gasteiger partial charge in [-0.15, -0.1) is 11.3 Å². The van der Waals surface area contributed by atoms with E-state index in [2.05, 4.69) is 10.1 Å². The highest BCUT2D eigenvalue weighted by molar-refractivity contribution is 7.13. The van der Waals surface area contributed by atoms with Gasteiger partial charge in [0, 0.05) is 22.7 Å². The largest absolute Gasteiger partial charge is 0.380 e. The minimum Gasteiger partial charge on any atom is -0.380 e. The molecule has 0 aromatic carbocycles. The van der Waals surface area contributed by atoms with Crippen LogP contribution in [0, 0.1) is 0 Å². The second kappa shape index (κ2) is 4.15. The molecular weight excluding hydrogens is 250 g/mol. The minimum atomic E-state index is -0.195. The molecule has 3 aromatic heterocycles. The van der Waals surface area contributed by atoms with E-state index in [0.29, 0.717) is 17.1 Å². The highest BCUT2D eigenvalue weighted by atomic mass is 32.1. The van der Waals surface area contributed by atoms with Crippen molar-refractivity contribution >= 4 is 17.2 Å². The zero-order valence-electron chi connectivity index (χ0n) is 9.21. The van der Waals surface area contributed by atoms with Gasteiger partial charge in [0.15, 0.2) is 11.6 Å². The third kappa shape index (κ3) is 1.72. The van der Waals surface area contributed by atoms with Gasteiger partial charge >= 0.3 is 0 Å². The fourth-order valence-electron chi connectivity index (χ4n) is 1.74. The normalized spacial score (nSPS) is 10.7. The lowest BCUT2D eigenvalue weighted by atomic mass is 10.1. The van der Waals surface area contributed by atoms with Crippen molar-refractivity contribution in [1.29, 1.82) is 0 Å². The van der Waals surface area contributed by atoms with Gasteiger partial charge < -0.3 is 15.2 Å². The molecule has 3 aromatic rings. The van der Waals surface area contributed by atoms with Crippen molar-refractivity contribution in [3.8, 4) is 21.8 Å². The van der Waals surface area contributed by atoms with Gasteiger partial charge in [-0.3, -0.25) is 4.79 Å². The number of aromatic amines is 1. The zero-order valence-corrected chi connectivity index (χ0v) is 10.0. The Labute approximate surface area is 106 Å². The summed E-state index contributed by atoms with van der Waals surface area (Å²) in [4.78, 5) is 14.8. The van der Waals surface area contributed by atoms with Crippen molar-refractivity contribution < 1.29 is 4.52 Å². The standard InChI is InChI=1S/C12H9N3O2S/c13-12-10(8-2-1-5-18-8)11(17-15-12)7-3-4-14-9(16)6-7/h1-6H,(H2,13,15)(H,14,16). The van der Waals surface area contributed by atoms with Gasteiger partial charge in [-0.25, -0.2) is 0 Å². The number of nitrogens with two attached hydrogens (primary N) is 1. The van der Waals surface area contributed by atoms with Gasteiger partial charge in [-0.2, -0.15) is 0 Å². The van der Waals surface area contributed by atoms with E-state index in [-0.39, 0.29) is 5.56 Å². The van der Waals surface area contributed by atoms with E-state index in [9.17, 15) is 4.79 Å². The smallest absolute Gasteiger partial charge is 0.248 e. The van der Waals surface area contributed by atoms with Crippen LogP contribution in [0.3, 0.4) is 0 Å². The summed E-state index contributed by atoms with van der Waals surface area (Å²) in [7, 11) is 0. The molecule has 0 atom stereocenters. The number of hydrogen-bond donors (Lipinski definition) is 2. The molecule has 0 aliphatic carbocycles. The van der Waals surface area contributed by atoms with Crippen LogP contribution in [0.25, 0.3) is 21.8 Å². The fraction of sp³-hybridized carbons (Fsp3) is 0. The molecule has 3 N–H and O–H groups in total. The van der Waals surface area contributed by atoms with Crippen LogP contribution in [0.5, 0.6) is 0 Å². The molecule has 0 spiro atoms. The summed E-state index contributed by atoms with van der Waals surface area (Å²) >= 11 is 1.54. The van der Waals surface area contributed by atoms with Crippen molar-refractivity contribution in [3.05, 3.63) is 46.2 Å². The molecule has 0 aliphatic rings. The monoisotopic (exact) mass is 259 g/mol. The lowest BCUT2D eigenvalue weighted by Crippen LogP contribution is -2.02. The Morgan fingerprint density at radius 1 is 1.39 bits per heavy atom. The first kappa shape index (κ1) is 10.8. The third-order valence-corrected chi connectivity index (χ3v) is 3.41. The van der Waals surface area contributed by atoms with E-state index in [4.69, 9.17) is 10.3 Å². The van der Waals surface area contributed by atoms with E-state index in [1.54, 1.807) is 23.6 Å².